The molecule has 0 aromatic heterocycles. The van der Waals surface area contributed by atoms with E-state index in [-0.39, 0.29) is 12.7 Å². The number of rotatable bonds is 14. The minimum atomic E-state index is -3.45. The molecule has 0 aliphatic carbocycles. The summed E-state index contributed by atoms with van der Waals surface area (Å²) in [5.41, 5.74) is 1.02. The average Bonchev–Trinajstić information content (AvgIpc) is 2.59. The standard InChI is InChI=1S/C19H32O5S/c1-4-5-6-7-8-9-10-19(16-24-25(3,20)21)23-15-17-11-13-18(22-2)14-12-17/h11-14,19H,4-10,15-16H2,1-3H3/t19-/m0/s1. The van der Waals surface area contributed by atoms with Gasteiger partial charge in [-0.25, -0.2) is 0 Å². The summed E-state index contributed by atoms with van der Waals surface area (Å²) in [5.74, 6) is 0.799. The van der Waals surface area contributed by atoms with Crippen molar-refractivity contribution in [1.82, 2.24) is 0 Å². The fourth-order valence-electron chi connectivity index (χ4n) is 2.50. The van der Waals surface area contributed by atoms with E-state index in [1.54, 1.807) is 7.11 Å². The summed E-state index contributed by atoms with van der Waals surface area (Å²) in [7, 11) is -1.82. The van der Waals surface area contributed by atoms with Crippen molar-refractivity contribution in [1.29, 1.82) is 0 Å². The van der Waals surface area contributed by atoms with Gasteiger partial charge in [0.15, 0.2) is 0 Å². The van der Waals surface area contributed by atoms with Crippen molar-refractivity contribution >= 4 is 10.1 Å². The van der Waals surface area contributed by atoms with Crippen LogP contribution in [-0.2, 0) is 25.6 Å². The van der Waals surface area contributed by atoms with Crippen molar-refractivity contribution in [3.8, 4) is 5.75 Å². The number of unbranched alkanes of at least 4 members (excludes halogenated alkanes) is 5. The first-order valence-electron chi connectivity index (χ1n) is 9.03. The van der Waals surface area contributed by atoms with E-state index in [1.807, 2.05) is 24.3 Å². The van der Waals surface area contributed by atoms with Crippen LogP contribution in [0.3, 0.4) is 0 Å². The molecule has 0 heterocycles. The Morgan fingerprint density at radius 1 is 1.00 bits per heavy atom. The molecule has 0 amide bonds. The lowest BCUT2D eigenvalue weighted by molar-refractivity contribution is 0.00480. The SMILES string of the molecule is CCCCCCCC[C@@H](COS(C)(=O)=O)OCc1ccc(OC)cc1. The number of benzene rings is 1. The van der Waals surface area contributed by atoms with Gasteiger partial charge in [0.25, 0.3) is 10.1 Å². The Hall–Kier alpha value is -1.11. The van der Waals surface area contributed by atoms with Crippen LogP contribution in [0.1, 0.15) is 57.4 Å². The molecule has 0 saturated carbocycles. The molecule has 0 spiro atoms. The smallest absolute Gasteiger partial charge is 0.264 e. The molecule has 5 nitrogen and oxygen atoms in total. The van der Waals surface area contributed by atoms with Crippen molar-refractivity contribution in [2.75, 3.05) is 20.0 Å². The van der Waals surface area contributed by atoms with Crippen LogP contribution in [0.4, 0.5) is 0 Å². The molecule has 0 bridgehead atoms. The Morgan fingerprint density at radius 2 is 1.64 bits per heavy atom. The van der Waals surface area contributed by atoms with Gasteiger partial charge in [0.1, 0.15) is 5.75 Å². The molecule has 0 unspecified atom stereocenters. The highest BCUT2D eigenvalue weighted by Crippen LogP contribution is 2.16. The Morgan fingerprint density at radius 3 is 2.24 bits per heavy atom. The summed E-state index contributed by atoms with van der Waals surface area (Å²) in [4.78, 5) is 0. The van der Waals surface area contributed by atoms with E-state index in [4.69, 9.17) is 13.7 Å². The highest BCUT2D eigenvalue weighted by atomic mass is 32.2. The van der Waals surface area contributed by atoms with Gasteiger partial charge in [-0.2, -0.15) is 8.42 Å². The van der Waals surface area contributed by atoms with Crippen LogP contribution in [-0.4, -0.2) is 34.5 Å². The lowest BCUT2D eigenvalue weighted by Crippen LogP contribution is -2.22. The van der Waals surface area contributed by atoms with Gasteiger partial charge in [-0.1, -0.05) is 57.6 Å². The Labute approximate surface area is 152 Å². The Balaban J connectivity index is 2.42. The predicted molar refractivity (Wildman–Crippen MR) is 100 cm³/mol. The first kappa shape index (κ1) is 21.9. The van der Waals surface area contributed by atoms with Gasteiger partial charge in [-0.3, -0.25) is 4.18 Å². The van der Waals surface area contributed by atoms with Gasteiger partial charge in [-0.15, -0.1) is 0 Å². The van der Waals surface area contributed by atoms with Crippen LogP contribution in [0.15, 0.2) is 24.3 Å². The number of hydrogen-bond donors (Lipinski definition) is 0. The average molecular weight is 373 g/mol. The zero-order valence-corrected chi connectivity index (χ0v) is 16.5. The van der Waals surface area contributed by atoms with Gasteiger partial charge in [-0.05, 0) is 24.1 Å². The molecule has 144 valence electrons. The van der Waals surface area contributed by atoms with Crippen LogP contribution in [0, 0.1) is 0 Å². The third-order valence-electron chi connectivity index (χ3n) is 3.99. The first-order chi connectivity index (χ1) is 11.9. The van der Waals surface area contributed by atoms with Gasteiger partial charge in [0, 0.05) is 0 Å². The molecule has 1 aromatic rings. The quantitative estimate of drug-likeness (QED) is 0.360. The second kappa shape index (κ2) is 12.3. The summed E-state index contributed by atoms with van der Waals surface area (Å²) in [6.07, 6.45) is 8.79. The van der Waals surface area contributed by atoms with Gasteiger partial charge >= 0.3 is 0 Å². The third-order valence-corrected chi connectivity index (χ3v) is 4.56. The summed E-state index contributed by atoms with van der Waals surface area (Å²) in [5, 5.41) is 0. The molecular formula is C19H32O5S. The van der Waals surface area contributed by atoms with Crippen molar-refractivity contribution < 1.29 is 22.1 Å². The molecular weight excluding hydrogens is 340 g/mol. The zero-order chi connectivity index (χ0) is 18.5. The predicted octanol–water partition coefficient (Wildman–Crippen LogP) is 4.31. The fraction of sp³-hybridized carbons (Fsp3) is 0.684. The number of ether oxygens (including phenoxy) is 2. The van der Waals surface area contributed by atoms with E-state index in [9.17, 15) is 8.42 Å². The van der Waals surface area contributed by atoms with Crippen molar-refractivity contribution in [3.05, 3.63) is 29.8 Å². The first-order valence-corrected chi connectivity index (χ1v) is 10.8. The molecule has 0 aliphatic rings. The van der Waals surface area contributed by atoms with Crippen LogP contribution < -0.4 is 4.74 Å². The summed E-state index contributed by atoms with van der Waals surface area (Å²) >= 11 is 0. The maximum Gasteiger partial charge on any atom is 0.264 e. The minimum absolute atomic E-state index is 0.0734. The molecule has 0 fully saturated rings. The van der Waals surface area contributed by atoms with E-state index in [2.05, 4.69) is 6.92 Å². The van der Waals surface area contributed by atoms with Crippen LogP contribution >= 0.6 is 0 Å². The Kier molecular flexibility index (Phi) is 10.8. The van der Waals surface area contributed by atoms with Crippen molar-refractivity contribution in [2.24, 2.45) is 0 Å². The lowest BCUT2D eigenvalue weighted by Gasteiger charge is -2.17. The van der Waals surface area contributed by atoms with Gasteiger partial charge in [0.05, 0.1) is 32.7 Å². The zero-order valence-electron chi connectivity index (χ0n) is 15.7. The topological polar surface area (TPSA) is 61.8 Å². The number of methoxy groups -OCH3 is 1. The molecule has 0 N–H and O–H groups in total. The molecule has 25 heavy (non-hydrogen) atoms. The van der Waals surface area contributed by atoms with Crippen LogP contribution in [0.5, 0.6) is 5.75 Å². The van der Waals surface area contributed by atoms with E-state index >= 15 is 0 Å². The molecule has 1 rings (SSSR count). The van der Waals surface area contributed by atoms with Crippen LogP contribution in [0.25, 0.3) is 0 Å². The molecule has 0 radical (unpaired) electrons. The molecule has 1 aromatic carbocycles. The van der Waals surface area contributed by atoms with Crippen molar-refractivity contribution in [2.45, 2.75) is 64.6 Å². The Bertz CT molecular complexity index is 554. The van der Waals surface area contributed by atoms with E-state index in [1.165, 1.54) is 25.7 Å². The van der Waals surface area contributed by atoms with Crippen LogP contribution in [0.2, 0.25) is 0 Å². The largest absolute Gasteiger partial charge is 0.497 e. The monoisotopic (exact) mass is 372 g/mol. The van der Waals surface area contributed by atoms with E-state index in [0.29, 0.717) is 6.61 Å². The van der Waals surface area contributed by atoms with Crippen molar-refractivity contribution in [3.63, 3.8) is 0 Å². The lowest BCUT2D eigenvalue weighted by atomic mass is 10.1. The normalized spacial score (nSPS) is 12.9. The fourth-order valence-corrected chi connectivity index (χ4v) is 2.90. The summed E-state index contributed by atoms with van der Waals surface area (Å²) in [6, 6.07) is 7.65. The maximum atomic E-state index is 11.2. The molecule has 0 aliphatic heterocycles. The highest BCUT2D eigenvalue weighted by Gasteiger charge is 2.13. The summed E-state index contributed by atoms with van der Waals surface area (Å²) < 4.78 is 38.4. The molecule has 0 saturated heterocycles. The second-order valence-electron chi connectivity index (χ2n) is 6.33. The maximum absolute atomic E-state index is 11.2. The van der Waals surface area contributed by atoms with Gasteiger partial charge < -0.3 is 9.47 Å². The number of hydrogen-bond acceptors (Lipinski definition) is 5. The van der Waals surface area contributed by atoms with Gasteiger partial charge in [0.2, 0.25) is 0 Å². The van der Waals surface area contributed by atoms with E-state index in [0.717, 1.165) is 36.8 Å². The minimum Gasteiger partial charge on any atom is -0.497 e. The third kappa shape index (κ3) is 11.2. The second-order valence-corrected chi connectivity index (χ2v) is 7.97. The highest BCUT2D eigenvalue weighted by molar-refractivity contribution is 7.85. The van der Waals surface area contributed by atoms with E-state index < -0.39 is 10.1 Å². The molecule has 1 atom stereocenters. The summed E-state index contributed by atoms with van der Waals surface area (Å²) in [6.45, 7) is 2.70. The molecule has 6 heteroatoms.